The number of rotatable bonds is 2. The number of hydrogen-bond donors (Lipinski definition) is 1. The SMILES string of the molecule is O=C(O)C1CCCCCN1C(=O)c1cccc(F)c1F. The highest BCUT2D eigenvalue weighted by atomic mass is 19.2. The number of aliphatic carboxylic acids is 1. The van der Waals surface area contributed by atoms with E-state index in [0.29, 0.717) is 19.3 Å². The second-order valence-corrected chi connectivity index (χ2v) is 4.80. The van der Waals surface area contributed by atoms with Crippen LogP contribution in [-0.4, -0.2) is 34.5 Å². The van der Waals surface area contributed by atoms with Gasteiger partial charge in [0.1, 0.15) is 6.04 Å². The van der Waals surface area contributed by atoms with E-state index < -0.39 is 35.1 Å². The van der Waals surface area contributed by atoms with Crippen molar-refractivity contribution in [1.29, 1.82) is 0 Å². The molecule has 1 aliphatic heterocycles. The molecule has 1 heterocycles. The van der Waals surface area contributed by atoms with Gasteiger partial charge in [-0.05, 0) is 25.0 Å². The van der Waals surface area contributed by atoms with E-state index in [1.807, 2.05) is 0 Å². The summed E-state index contributed by atoms with van der Waals surface area (Å²) in [4.78, 5) is 24.7. The molecule has 0 saturated carbocycles. The summed E-state index contributed by atoms with van der Waals surface area (Å²) in [6, 6.07) is 2.35. The molecule has 1 atom stereocenters. The van der Waals surface area contributed by atoms with Crippen LogP contribution < -0.4 is 0 Å². The van der Waals surface area contributed by atoms with Crippen molar-refractivity contribution in [2.45, 2.75) is 31.7 Å². The number of hydrogen-bond acceptors (Lipinski definition) is 2. The van der Waals surface area contributed by atoms with Crippen LogP contribution in [0.2, 0.25) is 0 Å². The molecule has 0 aliphatic carbocycles. The third-order valence-electron chi connectivity index (χ3n) is 3.48. The lowest BCUT2D eigenvalue weighted by Gasteiger charge is -2.27. The van der Waals surface area contributed by atoms with Gasteiger partial charge in [0, 0.05) is 6.54 Å². The van der Waals surface area contributed by atoms with Crippen molar-refractivity contribution in [3.63, 3.8) is 0 Å². The molecule has 1 N–H and O–H groups in total. The summed E-state index contributed by atoms with van der Waals surface area (Å²) in [6.45, 7) is 0.242. The normalized spacial score (nSPS) is 19.5. The molecule has 1 fully saturated rings. The van der Waals surface area contributed by atoms with Crippen molar-refractivity contribution in [1.82, 2.24) is 4.90 Å². The highest BCUT2D eigenvalue weighted by Crippen LogP contribution is 2.21. The Hall–Kier alpha value is -1.98. The van der Waals surface area contributed by atoms with E-state index >= 15 is 0 Å². The Morgan fingerprint density at radius 3 is 2.65 bits per heavy atom. The molecule has 1 aliphatic rings. The molecular formula is C14H15F2NO3. The first-order valence-corrected chi connectivity index (χ1v) is 6.50. The summed E-state index contributed by atoms with van der Waals surface area (Å²) >= 11 is 0. The van der Waals surface area contributed by atoms with Gasteiger partial charge in [-0.3, -0.25) is 4.79 Å². The van der Waals surface area contributed by atoms with Crippen LogP contribution in [0.4, 0.5) is 8.78 Å². The van der Waals surface area contributed by atoms with Gasteiger partial charge in [-0.15, -0.1) is 0 Å². The van der Waals surface area contributed by atoms with Crippen molar-refractivity contribution in [3.8, 4) is 0 Å². The van der Waals surface area contributed by atoms with Crippen LogP contribution in [0.5, 0.6) is 0 Å². The number of carboxylic acid groups (broad SMARTS) is 1. The molecule has 0 aromatic heterocycles. The van der Waals surface area contributed by atoms with E-state index in [2.05, 4.69) is 0 Å². The number of nitrogens with zero attached hydrogens (tertiary/aromatic N) is 1. The molecule has 1 amide bonds. The number of likely N-dealkylation sites (tertiary alicyclic amines) is 1. The van der Waals surface area contributed by atoms with Gasteiger partial charge in [-0.1, -0.05) is 18.9 Å². The van der Waals surface area contributed by atoms with Gasteiger partial charge in [0.2, 0.25) is 0 Å². The van der Waals surface area contributed by atoms with Gasteiger partial charge >= 0.3 is 5.97 Å². The minimum Gasteiger partial charge on any atom is -0.480 e. The second kappa shape index (κ2) is 5.98. The average Bonchev–Trinajstić information content (AvgIpc) is 2.66. The fourth-order valence-electron chi connectivity index (χ4n) is 2.43. The fourth-order valence-corrected chi connectivity index (χ4v) is 2.43. The Morgan fingerprint density at radius 2 is 1.95 bits per heavy atom. The first-order chi connectivity index (χ1) is 9.52. The first-order valence-electron chi connectivity index (χ1n) is 6.50. The Morgan fingerprint density at radius 1 is 1.20 bits per heavy atom. The topological polar surface area (TPSA) is 57.6 Å². The predicted molar refractivity (Wildman–Crippen MR) is 67.3 cm³/mol. The summed E-state index contributed by atoms with van der Waals surface area (Å²) < 4.78 is 26.8. The molecule has 1 aromatic carbocycles. The molecule has 1 aromatic rings. The van der Waals surface area contributed by atoms with Crippen LogP contribution in [-0.2, 0) is 4.79 Å². The number of carboxylic acids is 1. The average molecular weight is 283 g/mol. The molecule has 2 rings (SSSR count). The van der Waals surface area contributed by atoms with Gasteiger partial charge in [-0.2, -0.15) is 0 Å². The minimum atomic E-state index is -1.23. The molecule has 1 saturated heterocycles. The van der Waals surface area contributed by atoms with E-state index in [1.165, 1.54) is 12.1 Å². The van der Waals surface area contributed by atoms with Gasteiger partial charge in [-0.25, -0.2) is 13.6 Å². The lowest BCUT2D eigenvalue weighted by atomic mass is 10.1. The van der Waals surface area contributed by atoms with Crippen molar-refractivity contribution >= 4 is 11.9 Å². The maximum Gasteiger partial charge on any atom is 0.326 e. The van der Waals surface area contributed by atoms with Crippen molar-refractivity contribution in [2.75, 3.05) is 6.54 Å². The van der Waals surface area contributed by atoms with Gasteiger partial charge in [0.05, 0.1) is 5.56 Å². The lowest BCUT2D eigenvalue weighted by molar-refractivity contribution is -0.142. The summed E-state index contributed by atoms with van der Waals surface area (Å²) in [5.41, 5.74) is -0.418. The Bertz CT molecular complexity index is 533. The molecule has 1 unspecified atom stereocenters. The van der Waals surface area contributed by atoms with Gasteiger partial charge in [0.15, 0.2) is 11.6 Å². The Labute approximate surface area is 115 Å². The maximum atomic E-state index is 13.7. The van der Waals surface area contributed by atoms with Crippen LogP contribution in [0.1, 0.15) is 36.0 Å². The minimum absolute atomic E-state index is 0.242. The zero-order valence-electron chi connectivity index (χ0n) is 10.8. The molecule has 0 spiro atoms. The van der Waals surface area contributed by atoms with E-state index in [0.717, 1.165) is 17.4 Å². The van der Waals surface area contributed by atoms with Crippen LogP contribution >= 0.6 is 0 Å². The first kappa shape index (κ1) is 14.4. The Kier molecular flexibility index (Phi) is 4.32. The highest BCUT2D eigenvalue weighted by molar-refractivity contribution is 5.96. The third-order valence-corrected chi connectivity index (χ3v) is 3.48. The summed E-state index contributed by atoms with van der Waals surface area (Å²) in [5, 5.41) is 9.19. The number of amides is 1. The smallest absolute Gasteiger partial charge is 0.326 e. The van der Waals surface area contributed by atoms with Crippen molar-refractivity contribution < 1.29 is 23.5 Å². The molecular weight excluding hydrogens is 268 g/mol. The van der Waals surface area contributed by atoms with Crippen LogP contribution in [0, 0.1) is 11.6 Å². The molecule has 4 nitrogen and oxygen atoms in total. The number of carbonyl (C=O) groups excluding carboxylic acids is 1. The number of halogens is 2. The second-order valence-electron chi connectivity index (χ2n) is 4.80. The summed E-state index contributed by atoms with van der Waals surface area (Å²) in [5.74, 6) is -4.23. The zero-order chi connectivity index (χ0) is 14.7. The van der Waals surface area contributed by atoms with Crippen molar-refractivity contribution in [3.05, 3.63) is 35.4 Å². The summed E-state index contributed by atoms with van der Waals surface area (Å²) in [6.07, 6.45) is 2.51. The standard InChI is InChI=1S/C14H15F2NO3/c15-10-6-4-5-9(12(10)16)13(18)17-8-3-1-2-7-11(17)14(19)20/h4-6,11H,1-3,7-8H2,(H,19,20). The maximum absolute atomic E-state index is 13.7. The Balaban J connectivity index is 2.33. The van der Waals surface area contributed by atoms with Crippen LogP contribution in [0.3, 0.4) is 0 Å². The predicted octanol–water partition coefficient (Wildman–Crippen LogP) is 2.43. The molecule has 6 heteroatoms. The summed E-state index contributed by atoms with van der Waals surface area (Å²) in [7, 11) is 0. The quantitative estimate of drug-likeness (QED) is 0.907. The number of benzene rings is 1. The van der Waals surface area contributed by atoms with E-state index in [4.69, 9.17) is 0 Å². The van der Waals surface area contributed by atoms with E-state index in [1.54, 1.807) is 0 Å². The van der Waals surface area contributed by atoms with E-state index in [9.17, 15) is 23.5 Å². The monoisotopic (exact) mass is 283 g/mol. The van der Waals surface area contributed by atoms with Crippen LogP contribution in [0.25, 0.3) is 0 Å². The fraction of sp³-hybridized carbons (Fsp3) is 0.429. The van der Waals surface area contributed by atoms with Gasteiger partial charge in [0.25, 0.3) is 5.91 Å². The molecule has 20 heavy (non-hydrogen) atoms. The zero-order valence-corrected chi connectivity index (χ0v) is 10.8. The molecule has 0 radical (unpaired) electrons. The third kappa shape index (κ3) is 2.79. The van der Waals surface area contributed by atoms with Gasteiger partial charge < -0.3 is 10.0 Å². The largest absolute Gasteiger partial charge is 0.480 e. The molecule has 108 valence electrons. The molecule has 0 bridgehead atoms. The van der Waals surface area contributed by atoms with E-state index in [-0.39, 0.29) is 6.54 Å². The highest BCUT2D eigenvalue weighted by Gasteiger charge is 2.32. The van der Waals surface area contributed by atoms with Crippen molar-refractivity contribution in [2.24, 2.45) is 0 Å². The van der Waals surface area contributed by atoms with Crippen LogP contribution in [0.15, 0.2) is 18.2 Å². The lowest BCUT2D eigenvalue weighted by Crippen LogP contribution is -2.45. The number of carbonyl (C=O) groups is 2.